The number of rotatable bonds is 5. The minimum atomic E-state index is -0.277. The lowest BCUT2D eigenvalue weighted by Gasteiger charge is -2.37. The maximum absolute atomic E-state index is 13.7. The Bertz CT molecular complexity index is 685. The van der Waals surface area contributed by atoms with Crippen LogP contribution in [-0.2, 0) is 17.8 Å². The highest BCUT2D eigenvalue weighted by molar-refractivity contribution is 5.83. The molecule has 24 heavy (non-hydrogen) atoms. The van der Waals surface area contributed by atoms with Crippen LogP contribution < -0.4 is 0 Å². The van der Waals surface area contributed by atoms with Crippen molar-refractivity contribution in [1.29, 1.82) is 0 Å². The van der Waals surface area contributed by atoms with Gasteiger partial charge in [-0.25, -0.2) is 4.39 Å². The Morgan fingerprint density at radius 3 is 2.54 bits per heavy atom. The molecular weight excluding hydrogens is 301 g/mol. The number of carbonyl (C=O) groups excluding carboxylic acids is 1. The van der Waals surface area contributed by atoms with Crippen LogP contribution in [0.1, 0.15) is 30.9 Å². The summed E-state index contributed by atoms with van der Waals surface area (Å²) in [6.45, 7) is 4.03. The van der Waals surface area contributed by atoms with Gasteiger partial charge in [0.2, 0.25) is 0 Å². The van der Waals surface area contributed by atoms with Crippen molar-refractivity contribution in [2.24, 2.45) is 5.92 Å². The van der Waals surface area contributed by atoms with Gasteiger partial charge in [0.05, 0.1) is 0 Å². The van der Waals surface area contributed by atoms with E-state index in [2.05, 4.69) is 36.1 Å². The first-order valence-corrected chi connectivity index (χ1v) is 8.67. The molecule has 0 aliphatic carbocycles. The first kappa shape index (κ1) is 16.8. The summed E-state index contributed by atoms with van der Waals surface area (Å²) in [6, 6.07) is 17.4. The van der Waals surface area contributed by atoms with Crippen LogP contribution in [0.15, 0.2) is 54.6 Å². The maximum atomic E-state index is 13.7. The minimum Gasteiger partial charge on any atom is -0.299 e. The summed E-state index contributed by atoms with van der Waals surface area (Å²) in [5, 5.41) is 0. The van der Waals surface area contributed by atoms with Crippen LogP contribution in [0.2, 0.25) is 0 Å². The minimum absolute atomic E-state index is 0.0478. The van der Waals surface area contributed by atoms with E-state index in [4.69, 9.17) is 0 Å². The Hall–Kier alpha value is -2.00. The van der Waals surface area contributed by atoms with E-state index in [0.29, 0.717) is 11.6 Å². The predicted octanol–water partition coefficient (Wildman–Crippen LogP) is 4.24. The second-order valence-electron chi connectivity index (χ2n) is 6.76. The molecule has 0 N–H and O–H groups in total. The van der Waals surface area contributed by atoms with Crippen LogP contribution >= 0.6 is 0 Å². The van der Waals surface area contributed by atoms with Crippen LogP contribution in [0, 0.1) is 11.7 Å². The lowest BCUT2D eigenvalue weighted by atomic mass is 9.85. The van der Waals surface area contributed by atoms with E-state index >= 15 is 0 Å². The number of nitrogens with zero attached hydrogens (tertiary/aromatic N) is 1. The normalized spacial score (nSPS) is 21.6. The smallest absolute Gasteiger partial charge is 0.140 e. The molecule has 0 saturated carbocycles. The molecule has 2 atom stereocenters. The van der Waals surface area contributed by atoms with Crippen molar-refractivity contribution in [3.63, 3.8) is 0 Å². The van der Waals surface area contributed by atoms with Gasteiger partial charge in [0.15, 0.2) is 0 Å². The molecule has 0 aromatic heterocycles. The van der Waals surface area contributed by atoms with E-state index in [1.54, 1.807) is 18.2 Å². The van der Waals surface area contributed by atoms with Crippen LogP contribution in [-0.4, -0.2) is 23.3 Å². The van der Waals surface area contributed by atoms with Gasteiger partial charge in [-0.2, -0.15) is 0 Å². The fraction of sp³-hybridized carbons (Fsp3) is 0.381. The van der Waals surface area contributed by atoms with Crippen molar-refractivity contribution in [3.8, 4) is 0 Å². The summed E-state index contributed by atoms with van der Waals surface area (Å²) >= 11 is 0. The van der Waals surface area contributed by atoms with Crippen molar-refractivity contribution in [2.75, 3.05) is 6.54 Å². The average Bonchev–Trinajstić information content (AvgIpc) is 2.59. The first-order valence-electron chi connectivity index (χ1n) is 8.67. The number of likely N-dealkylation sites (tertiary alicyclic amines) is 1. The number of hydrogen-bond acceptors (Lipinski definition) is 2. The summed E-state index contributed by atoms with van der Waals surface area (Å²) in [7, 11) is 0. The first-order chi connectivity index (χ1) is 11.6. The highest BCUT2D eigenvalue weighted by Crippen LogP contribution is 2.26. The Morgan fingerprint density at radius 1 is 1.12 bits per heavy atom. The van der Waals surface area contributed by atoms with Gasteiger partial charge in [0, 0.05) is 24.9 Å². The molecule has 0 amide bonds. The Balaban J connectivity index is 1.57. The topological polar surface area (TPSA) is 20.3 Å². The third-order valence-corrected chi connectivity index (χ3v) is 5.02. The van der Waals surface area contributed by atoms with Crippen LogP contribution in [0.4, 0.5) is 4.39 Å². The zero-order valence-electron chi connectivity index (χ0n) is 14.1. The standard InChI is InChI=1S/C21H24FNO/c1-16-13-19(21(24)14-18-9-5-6-10-20(18)22)11-12-23(16)15-17-7-3-2-4-8-17/h2-10,16,19H,11-15H2,1H3. The van der Waals surface area contributed by atoms with Gasteiger partial charge < -0.3 is 0 Å². The lowest BCUT2D eigenvalue weighted by molar-refractivity contribution is -0.124. The number of Topliss-reactive ketones (excluding diaryl/α,β-unsaturated/α-hetero) is 1. The summed E-state index contributed by atoms with van der Waals surface area (Å²) < 4.78 is 13.7. The summed E-state index contributed by atoms with van der Waals surface area (Å²) in [5.74, 6) is -0.0571. The molecule has 1 aliphatic rings. The van der Waals surface area contributed by atoms with Gasteiger partial charge in [0.25, 0.3) is 0 Å². The molecule has 2 aromatic rings. The average molecular weight is 325 g/mol. The number of piperidine rings is 1. The van der Waals surface area contributed by atoms with E-state index in [1.807, 2.05) is 6.07 Å². The van der Waals surface area contributed by atoms with Crippen molar-refractivity contribution >= 4 is 5.78 Å². The molecule has 1 saturated heterocycles. The van der Waals surface area contributed by atoms with E-state index in [0.717, 1.165) is 25.9 Å². The van der Waals surface area contributed by atoms with Gasteiger partial charge in [-0.3, -0.25) is 9.69 Å². The highest BCUT2D eigenvalue weighted by Gasteiger charge is 2.29. The molecule has 0 radical (unpaired) electrons. The van der Waals surface area contributed by atoms with Crippen molar-refractivity contribution < 1.29 is 9.18 Å². The molecule has 0 bridgehead atoms. The number of benzene rings is 2. The fourth-order valence-electron chi connectivity index (χ4n) is 3.54. The molecular formula is C21H24FNO. The zero-order valence-corrected chi connectivity index (χ0v) is 14.1. The molecule has 1 heterocycles. The third-order valence-electron chi connectivity index (χ3n) is 5.02. The summed E-state index contributed by atoms with van der Waals surface area (Å²) in [4.78, 5) is 15.0. The van der Waals surface area contributed by atoms with E-state index in [1.165, 1.54) is 11.6 Å². The molecule has 2 unspecified atom stereocenters. The Kier molecular flexibility index (Phi) is 5.41. The molecule has 3 rings (SSSR count). The van der Waals surface area contributed by atoms with E-state index < -0.39 is 0 Å². The SMILES string of the molecule is CC1CC(C(=O)Cc2ccccc2F)CCN1Cc1ccccc1. The number of carbonyl (C=O) groups is 1. The molecule has 3 heteroatoms. The molecule has 2 nitrogen and oxygen atoms in total. The monoisotopic (exact) mass is 325 g/mol. The molecule has 1 aliphatic heterocycles. The number of halogens is 1. The Morgan fingerprint density at radius 2 is 1.83 bits per heavy atom. The van der Waals surface area contributed by atoms with Gasteiger partial charge >= 0.3 is 0 Å². The van der Waals surface area contributed by atoms with Crippen LogP contribution in [0.5, 0.6) is 0 Å². The molecule has 2 aromatic carbocycles. The van der Waals surface area contributed by atoms with Gasteiger partial charge in [0.1, 0.15) is 11.6 Å². The number of hydrogen-bond donors (Lipinski definition) is 0. The largest absolute Gasteiger partial charge is 0.299 e. The lowest BCUT2D eigenvalue weighted by Crippen LogP contribution is -2.42. The van der Waals surface area contributed by atoms with Gasteiger partial charge in [-0.15, -0.1) is 0 Å². The van der Waals surface area contributed by atoms with Crippen molar-refractivity contribution in [1.82, 2.24) is 4.90 Å². The summed E-state index contributed by atoms with van der Waals surface area (Å²) in [5.41, 5.74) is 1.82. The fourth-order valence-corrected chi connectivity index (χ4v) is 3.54. The third kappa shape index (κ3) is 4.09. The molecule has 0 spiro atoms. The van der Waals surface area contributed by atoms with Gasteiger partial charge in [-0.05, 0) is 43.5 Å². The second kappa shape index (κ2) is 7.71. The predicted molar refractivity (Wildman–Crippen MR) is 94.1 cm³/mol. The van der Waals surface area contributed by atoms with E-state index in [9.17, 15) is 9.18 Å². The Labute approximate surface area is 143 Å². The quantitative estimate of drug-likeness (QED) is 0.819. The number of ketones is 1. The maximum Gasteiger partial charge on any atom is 0.140 e. The van der Waals surface area contributed by atoms with Crippen LogP contribution in [0.3, 0.4) is 0 Å². The molecule has 126 valence electrons. The van der Waals surface area contributed by atoms with Gasteiger partial charge in [-0.1, -0.05) is 48.5 Å². The van der Waals surface area contributed by atoms with Crippen molar-refractivity contribution in [3.05, 3.63) is 71.5 Å². The molecule has 1 fully saturated rings. The van der Waals surface area contributed by atoms with Crippen LogP contribution in [0.25, 0.3) is 0 Å². The summed E-state index contributed by atoms with van der Waals surface area (Å²) in [6.07, 6.45) is 1.94. The highest BCUT2D eigenvalue weighted by atomic mass is 19.1. The second-order valence-corrected chi connectivity index (χ2v) is 6.76. The van der Waals surface area contributed by atoms with Crippen molar-refractivity contribution in [2.45, 2.75) is 38.8 Å². The van der Waals surface area contributed by atoms with E-state index in [-0.39, 0.29) is 23.9 Å². The zero-order chi connectivity index (χ0) is 16.9.